The van der Waals surface area contributed by atoms with E-state index in [4.69, 9.17) is 14.2 Å². The van der Waals surface area contributed by atoms with Crippen LogP contribution in [0.15, 0.2) is 146 Å². The molecule has 0 spiro atoms. The maximum absolute atomic E-state index is 12.9. The fourth-order valence-corrected chi connectivity index (χ4v) is 7.35. The Kier molecular flexibility index (Phi) is 55.0. The van der Waals surface area contributed by atoms with Crippen LogP contribution in [0.4, 0.5) is 0 Å². The summed E-state index contributed by atoms with van der Waals surface area (Å²) in [6.07, 6.45) is 83.9. The Morgan fingerprint density at radius 3 is 1.04 bits per heavy atom. The zero-order chi connectivity index (χ0) is 52.2. The van der Waals surface area contributed by atoms with Gasteiger partial charge in [0.15, 0.2) is 6.10 Å². The molecule has 0 bridgehead atoms. The molecule has 0 amide bonds. The molecular weight excluding hydrogens is 889 g/mol. The molecule has 0 aromatic heterocycles. The number of allylic oxidation sites excluding steroid dienone is 24. The summed E-state index contributed by atoms with van der Waals surface area (Å²) in [6, 6.07) is 0. The average molecular weight is 994 g/mol. The Morgan fingerprint density at radius 2 is 0.625 bits per heavy atom. The van der Waals surface area contributed by atoms with Crippen molar-refractivity contribution in [1.29, 1.82) is 0 Å². The maximum Gasteiger partial charge on any atom is 0.306 e. The second kappa shape index (κ2) is 58.9. The first-order valence-electron chi connectivity index (χ1n) is 28.9. The lowest BCUT2D eigenvalue weighted by atomic mass is 10.1. The Labute approximate surface area is 442 Å². The van der Waals surface area contributed by atoms with E-state index in [1.165, 1.54) is 57.8 Å². The second-order valence-electron chi connectivity index (χ2n) is 18.6. The van der Waals surface area contributed by atoms with Crippen molar-refractivity contribution in [3.05, 3.63) is 146 Å². The highest BCUT2D eigenvalue weighted by Crippen LogP contribution is 2.13. The molecule has 6 nitrogen and oxygen atoms in total. The van der Waals surface area contributed by atoms with Gasteiger partial charge >= 0.3 is 17.9 Å². The van der Waals surface area contributed by atoms with Crippen LogP contribution in [0.5, 0.6) is 0 Å². The monoisotopic (exact) mass is 993 g/mol. The zero-order valence-corrected chi connectivity index (χ0v) is 46.1. The van der Waals surface area contributed by atoms with Gasteiger partial charge < -0.3 is 14.2 Å². The van der Waals surface area contributed by atoms with Gasteiger partial charge in [0, 0.05) is 19.3 Å². The number of rotatable bonds is 50. The molecule has 0 fully saturated rings. The quantitative estimate of drug-likeness (QED) is 0.0199. The summed E-state index contributed by atoms with van der Waals surface area (Å²) < 4.78 is 16.8. The van der Waals surface area contributed by atoms with E-state index in [0.29, 0.717) is 12.8 Å². The standard InChI is InChI=1S/C66H104O6/c1-4-7-10-13-16-19-22-25-28-31-33-36-38-41-44-47-50-53-56-59-65(68)71-62-63(61-70-64(67)58-55-52-49-46-43-40-37-34-30-27-24-21-18-15-12-9-6-3)72-66(69)60-57-54-51-48-45-42-39-35-32-29-26-23-20-17-14-11-8-5-2/h7,10-11,14,16-21,23,25-30,32-33,35-36,39,41,44,63H,4-6,8-9,12-13,15,22,24,31,34,37-38,40,42-43,45-62H2,1-3H3/b10-7-,14-11-,19-16-,20-17-,21-18-,26-23-,28-25-,30-27-,32-29-,36-33-,39-35-,44-41-. The molecule has 0 radical (unpaired) electrons. The van der Waals surface area contributed by atoms with E-state index in [2.05, 4.69) is 142 Å². The van der Waals surface area contributed by atoms with Crippen LogP contribution in [0.25, 0.3) is 0 Å². The van der Waals surface area contributed by atoms with E-state index in [1.54, 1.807) is 0 Å². The third kappa shape index (κ3) is 56.2. The van der Waals surface area contributed by atoms with Gasteiger partial charge in [-0.1, -0.05) is 244 Å². The molecule has 0 aliphatic rings. The molecule has 0 aliphatic carbocycles. The molecule has 1 unspecified atom stereocenters. The van der Waals surface area contributed by atoms with Gasteiger partial charge in [0.1, 0.15) is 13.2 Å². The van der Waals surface area contributed by atoms with E-state index in [-0.39, 0.29) is 37.5 Å². The smallest absolute Gasteiger partial charge is 0.306 e. The van der Waals surface area contributed by atoms with Crippen LogP contribution in [0.1, 0.15) is 233 Å². The highest BCUT2D eigenvalue weighted by atomic mass is 16.6. The third-order valence-corrected chi connectivity index (χ3v) is 11.7. The summed E-state index contributed by atoms with van der Waals surface area (Å²) >= 11 is 0. The molecule has 0 saturated carbocycles. The summed E-state index contributed by atoms with van der Waals surface area (Å²) in [6.45, 7) is 6.35. The van der Waals surface area contributed by atoms with E-state index in [1.807, 2.05) is 24.3 Å². The lowest BCUT2D eigenvalue weighted by molar-refractivity contribution is -0.167. The van der Waals surface area contributed by atoms with Crippen molar-refractivity contribution in [2.75, 3.05) is 13.2 Å². The molecule has 0 saturated heterocycles. The number of hydrogen-bond acceptors (Lipinski definition) is 6. The van der Waals surface area contributed by atoms with E-state index in [0.717, 1.165) is 135 Å². The second-order valence-corrected chi connectivity index (χ2v) is 18.6. The van der Waals surface area contributed by atoms with Crippen LogP contribution >= 0.6 is 0 Å². The fraction of sp³-hybridized carbons (Fsp3) is 0.591. The van der Waals surface area contributed by atoms with Gasteiger partial charge in [0.05, 0.1) is 0 Å². The largest absolute Gasteiger partial charge is 0.462 e. The van der Waals surface area contributed by atoms with Crippen molar-refractivity contribution in [2.45, 2.75) is 239 Å². The fourth-order valence-electron chi connectivity index (χ4n) is 7.35. The molecule has 0 N–H and O–H groups in total. The van der Waals surface area contributed by atoms with Gasteiger partial charge in [-0.05, 0) is 116 Å². The molecule has 0 aromatic rings. The molecule has 0 aromatic carbocycles. The molecule has 0 heterocycles. The summed E-state index contributed by atoms with van der Waals surface area (Å²) in [5.41, 5.74) is 0. The summed E-state index contributed by atoms with van der Waals surface area (Å²) in [7, 11) is 0. The molecule has 1 atom stereocenters. The highest BCUT2D eigenvalue weighted by Gasteiger charge is 2.19. The molecule has 72 heavy (non-hydrogen) atoms. The van der Waals surface area contributed by atoms with Gasteiger partial charge in [-0.2, -0.15) is 0 Å². The molecule has 0 rings (SSSR count). The van der Waals surface area contributed by atoms with Gasteiger partial charge in [0.25, 0.3) is 0 Å². The molecule has 404 valence electrons. The molecule has 6 heteroatoms. The van der Waals surface area contributed by atoms with Gasteiger partial charge in [0.2, 0.25) is 0 Å². The van der Waals surface area contributed by atoms with Crippen molar-refractivity contribution >= 4 is 17.9 Å². The molecule has 0 aliphatic heterocycles. The van der Waals surface area contributed by atoms with Crippen molar-refractivity contribution in [1.82, 2.24) is 0 Å². The Bertz CT molecular complexity index is 1610. The summed E-state index contributed by atoms with van der Waals surface area (Å²) in [5.74, 6) is -0.981. The van der Waals surface area contributed by atoms with Crippen molar-refractivity contribution in [3.63, 3.8) is 0 Å². The SMILES string of the molecule is CC/C=C\C/C=C\C/C=C\C/C=C\C/C=C\CCCCCC(=O)OCC(COC(=O)CCCCCCCCC/C=C\C/C=C\CCCCC)OC(=O)CCCCCCC\C=C/C=C\C=C/C=C\C=C/CCC. The number of carbonyl (C=O) groups excluding carboxylic acids is 3. The van der Waals surface area contributed by atoms with Crippen LogP contribution in [0.2, 0.25) is 0 Å². The lowest BCUT2D eigenvalue weighted by Crippen LogP contribution is -2.30. The Morgan fingerprint density at radius 1 is 0.306 bits per heavy atom. The van der Waals surface area contributed by atoms with Crippen LogP contribution < -0.4 is 0 Å². The first-order valence-corrected chi connectivity index (χ1v) is 28.9. The average Bonchev–Trinajstić information content (AvgIpc) is 3.38. The van der Waals surface area contributed by atoms with Crippen molar-refractivity contribution in [3.8, 4) is 0 Å². The zero-order valence-electron chi connectivity index (χ0n) is 46.1. The maximum atomic E-state index is 12.9. The highest BCUT2D eigenvalue weighted by molar-refractivity contribution is 5.71. The first kappa shape index (κ1) is 67.3. The van der Waals surface area contributed by atoms with Crippen molar-refractivity contribution < 1.29 is 28.6 Å². The minimum Gasteiger partial charge on any atom is -0.462 e. The third-order valence-electron chi connectivity index (χ3n) is 11.7. The van der Waals surface area contributed by atoms with Gasteiger partial charge in [-0.25, -0.2) is 0 Å². The molecular formula is C66H104O6. The van der Waals surface area contributed by atoms with E-state index < -0.39 is 6.10 Å². The Hall–Kier alpha value is -4.71. The van der Waals surface area contributed by atoms with Crippen molar-refractivity contribution in [2.24, 2.45) is 0 Å². The van der Waals surface area contributed by atoms with Crippen LogP contribution in [0, 0.1) is 0 Å². The van der Waals surface area contributed by atoms with Crippen LogP contribution in [0.3, 0.4) is 0 Å². The lowest BCUT2D eigenvalue weighted by Gasteiger charge is -2.18. The normalized spacial score (nSPS) is 13.2. The number of hydrogen-bond donors (Lipinski definition) is 0. The van der Waals surface area contributed by atoms with E-state index >= 15 is 0 Å². The number of carbonyl (C=O) groups is 3. The number of ether oxygens (including phenoxy) is 3. The topological polar surface area (TPSA) is 78.9 Å². The van der Waals surface area contributed by atoms with Crippen LogP contribution in [-0.4, -0.2) is 37.2 Å². The number of unbranched alkanes of at least 4 members (excludes halogenated alkanes) is 19. The Balaban J connectivity index is 4.56. The number of esters is 3. The van der Waals surface area contributed by atoms with E-state index in [9.17, 15) is 14.4 Å². The minimum absolute atomic E-state index is 0.110. The first-order chi connectivity index (χ1) is 35.5. The summed E-state index contributed by atoms with van der Waals surface area (Å²) in [4.78, 5) is 38.2. The van der Waals surface area contributed by atoms with Crippen LogP contribution in [-0.2, 0) is 28.6 Å². The van der Waals surface area contributed by atoms with Gasteiger partial charge in [-0.15, -0.1) is 0 Å². The minimum atomic E-state index is -0.817. The predicted octanol–water partition coefficient (Wildman–Crippen LogP) is 19.6. The van der Waals surface area contributed by atoms with Gasteiger partial charge in [-0.3, -0.25) is 14.4 Å². The predicted molar refractivity (Wildman–Crippen MR) is 311 cm³/mol. The summed E-state index contributed by atoms with van der Waals surface area (Å²) in [5, 5.41) is 0.